The van der Waals surface area contributed by atoms with Crippen molar-refractivity contribution in [2.24, 2.45) is 0 Å². The van der Waals surface area contributed by atoms with Crippen LogP contribution in [0.25, 0.3) is 0 Å². The zero-order valence-electron chi connectivity index (χ0n) is 28.6. The second-order valence-corrected chi connectivity index (χ2v) is 13.1. The van der Waals surface area contributed by atoms with E-state index in [1.54, 1.807) is 0 Å². The van der Waals surface area contributed by atoms with Gasteiger partial charge in [-0.2, -0.15) is 0 Å². The Bertz CT molecular complexity index is 561. The van der Waals surface area contributed by atoms with Gasteiger partial charge in [0, 0.05) is 12.8 Å². The maximum Gasteiger partial charge on any atom is 0.306 e. The van der Waals surface area contributed by atoms with Crippen LogP contribution < -0.4 is 0 Å². The fourth-order valence-electron chi connectivity index (χ4n) is 6.01. The van der Waals surface area contributed by atoms with E-state index in [2.05, 4.69) is 13.8 Å². The van der Waals surface area contributed by atoms with Crippen LogP contribution in [0.5, 0.6) is 0 Å². The summed E-state index contributed by atoms with van der Waals surface area (Å²) in [5.74, 6) is -0.754. The van der Waals surface area contributed by atoms with Crippen LogP contribution in [0.1, 0.15) is 226 Å². The molecule has 0 aliphatic heterocycles. The van der Waals surface area contributed by atoms with Crippen LogP contribution in [-0.2, 0) is 14.3 Å². The third kappa shape index (κ3) is 33.4. The summed E-state index contributed by atoms with van der Waals surface area (Å²) in [7, 11) is 0. The molecule has 4 nitrogen and oxygen atoms in total. The molecule has 0 heterocycles. The van der Waals surface area contributed by atoms with Crippen molar-refractivity contribution in [2.45, 2.75) is 232 Å². The minimum absolute atomic E-state index is 0.0128. The molecule has 0 radical (unpaired) electrons. The normalized spacial score (nSPS) is 12.0. The summed E-state index contributed by atoms with van der Waals surface area (Å²) in [6, 6.07) is 0. The molecule has 0 saturated carbocycles. The number of carboxylic acids is 1. The quantitative estimate of drug-likeness (QED) is 0.0585. The summed E-state index contributed by atoms with van der Waals surface area (Å²) in [5.41, 5.74) is 0. The van der Waals surface area contributed by atoms with Gasteiger partial charge in [0.2, 0.25) is 0 Å². The molecule has 1 atom stereocenters. The standard InChI is InChI=1S/C38H74O4/c1-3-5-7-9-10-11-12-13-14-15-16-17-18-19-20-21-22-23-24-26-31-35-38(41)42-36(32-28-25-8-6-4-2)33-29-27-30-34-37(39)40/h36H,3-35H2,1-2H3,(H,39,40). The Hall–Kier alpha value is -1.06. The number of hydrogen-bond donors (Lipinski definition) is 1. The SMILES string of the molecule is CCCCCCCCCCCCCCCCCCCCCCCC(=O)OC(CCCCCCC)CCCCCC(=O)O. The first-order valence-corrected chi connectivity index (χ1v) is 19.0. The van der Waals surface area contributed by atoms with Gasteiger partial charge in [-0.25, -0.2) is 0 Å². The lowest BCUT2D eigenvalue weighted by atomic mass is 10.0. The maximum atomic E-state index is 12.5. The van der Waals surface area contributed by atoms with Gasteiger partial charge in [0.05, 0.1) is 0 Å². The molecule has 250 valence electrons. The Morgan fingerprint density at radius 2 is 0.714 bits per heavy atom. The number of unbranched alkanes of at least 4 members (excludes halogenated alkanes) is 26. The number of rotatable bonds is 35. The lowest BCUT2D eigenvalue weighted by Gasteiger charge is -2.18. The topological polar surface area (TPSA) is 63.6 Å². The molecule has 0 aromatic rings. The molecule has 0 aromatic carbocycles. The zero-order chi connectivity index (χ0) is 30.8. The Balaban J connectivity index is 3.60. The van der Waals surface area contributed by atoms with Crippen LogP contribution >= 0.6 is 0 Å². The van der Waals surface area contributed by atoms with E-state index >= 15 is 0 Å². The summed E-state index contributed by atoms with van der Waals surface area (Å²) >= 11 is 0. The summed E-state index contributed by atoms with van der Waals surface area (Å²) in [5, 5.41) is 8.82. The largest absolute Gasteiger partial charge is 0.481 e. The molecule has 0 aliphatic carbocycles. The summed E-state index contributed by atoms with van der Waals surface area (Å²) in [6.07, 6.45) is 40.0. The smallest absolute Gasteiger partial charge is 0.306 e. The molecule has 0 saturated heterocycles. The number of carbonyl (C=O) groups excluding carboxylic acids is 1. The van der Waals surface area contributed by atoms with E-state index < -0.39 is 5.97 Å². The second kappa shape index (κ2) is 34.4. The molecule has 0 aliphatic rings. The predicted molar refractivity (Wildman–Crippen MR) is 181 cm³/mol. The van der Waals surface area contributed by atoms with Gasteiger partial charge in [0.1, 0.15) is 6.10 Å². The van der Waals surface area contributed by atoms with Crippen LogP contribution in [0.3, 0.4) is 0 Å². The number of aliphatic carboxylic acids is 1. The van der Waals surface area contributed by atoms with Crippen LogP contribution in [-0.4, -0.2) is 23.1 Å². The Morgan fingerprint density at radius 1 is 0.429 bits per heavy atom. The first-order valence-electron chi connectivity index (χ1n) is 19.0. The van der Waals surface area contributed by atoms with E-state index in [1.807, 2.05) is 0 Å². The Morgan fingerprint density at radius 3 is 1.07 bits per heavy atom. The highest BCUT2D eigenvalue weighted by Crippen LogP contribution is 2.18. The number of carbonyl (C=O) groups is 2. The molecule has 0 bridgehead atoms. The van der Waals surface area contributed by atoms with Gasteiger partial charge in [0.15, 0.2) is 0 Å². The summed E-state index contributed by atoms with van der Waals surface area (Å²) < 4.78 is 5.87. The fourth-order valence-corrected chi connectivity index (χ4v) is 6.01. The minimum atomic E-state index is -0.723. The highest BCUT2D eigenvalue weighted by atomic mass is 16.5. The van der Waals surface area contributed by atoms with Crippen molar-refractivity contribution in [3.8, 4) is 0 Å². The fraction of sp³-hybridized carbons (Fsp3) is 0.947. The number of esters is 1. The third-order valence-corrected chi connectivity index (χ3v) is 8.83. The lowest BCUT2D eigenvalue weighted by Crippen LogP contribution is -2.18. The van der Waals surface area contributed by atoms with E-state index in [-0.39, 0.29) is 18.5 Å². The van der Waals surface area contributed by atoms with Gasteiger partial charge >= 0.3 is 11.9 Å². The van der Waals surface area contributed by atoms with Crippen molar-refractivity contribution in [2.75, 3.05) is 0 Å². The van der Waals surface area contributed by atoms with E-state index in [0.717, 1.165) is 44.9 Å². The molecular weight excluding hydrogens is 520 g/mol. The van der Waals surface area contributed by atoms with E-state index in [1.165, 1.54) is 148 Å². The molecule has 0 aromatic heterocycles. The minimum Gasteiger partial charge on any atom is -0.481 e. The Kier molecular flexibility index (Phi) is 33.6. The van der Waals surface area contributed by atoms with E-state index in [0.29, 0.717) is 12.8 Å². The van der Waals surface area contributed by atoms with Gasteiger partial charge in [0.25, 0.3) is 0 Å². The van der Waals surface area contributed by atoms with Crippen molar-refractivity contribution in [3.05, 3.63) is 0 Å². The summed E-state index contributed by atoms with van der Waals surface area (Å²) in [4.78, 5) is 23.2. The van der Waals surface area contributed by atoms with E-state index in [4.69, 9.17) is 9.84 Å². The molecule has 4 heteroatoms. The first-order chi connectivity index (χ1) is 20.6. The van der Waals surface area contributed by atoms with Gasteiger partial charge in [-0.15, -0.1) is 0 Å². The van der Waals surface area contributed by atoms with Crippen molar-refractivity contribution in [3.63, 3.8) is 0 Å². The van der Waals surface area contributed by atoms with Crippen molar-refractivity contribution < 1.29 is 19.4 Å². The van der Waals surface area contributed by atoms with Crippen molar-refractivity contribution >= 4 is 11.9 Å². The van der Waals surface area contributed by atoms with Crippen LogP contribution in [0, 0.1) is 0 Å². The molecular formula is C38H74O4. The molecule has 0 spiro atoms. The van der Waals surface area contributed by atoms with Crippen LogP contribution in [0.2, 0.25) is 0 Å². The molecule has 0 rings (SSSR count). The lowest BCUT2D eigenvalue weighted by molar-refractivity contribution is -0.150. The molecule has 0 fully saturated rings. The molecule has 0 amide bonds. The monoisotopic (exact) mass is 595 g/mol. The highest BCUT2D eigenvalue weighted by Gasteiger charge is 2.14. The maximum absolute atomic E-state index is 12.5. The highest BCUT2D eigenvalue weighted by molar-refractivity contribution is 5.69. The van der Waals surface area contributed by atoms with Crippen molar-refractivity contribution in [1.29, 1.82) is 0 Å². The summed E-state index contributed by atoms with van der Waals surface area (Å²) in [6.45, 7) is 4.52. The number of hydrogen-bond acceptors (Lipinski definition) is 3. The van der Waals surface area contributed by atoms with Gasteiger partial charge in [-0.05, 0) is 38.5 Å². The van der Waals surface area contributed by atoms with Gasteiger partial charge in [-0.3, -0.25) is 9.59 Å². The average molecular weight is 595 g/mol. The first kappa shape index (κ1) is 40.9. The van der Waals surface area contributed by atoms with Gasteiger partial charge < -0.3 is 9.84 Å². The average Bonchev–Trinajstić information content (AvgIpc) is 2.97. The molecule has 42 heavy (non-hydrogen) atoms. The van der Waals surface area contributed by atoms with E-state index in [9.17, 15) is 9.59 Å². The Labute approximate surface area is 262 Å². The number of ether oxygens (including phenoxy) is 1. The molecule has 1 N–H and O–H groups in total. The van der Waals surface area contributed by atoms with Crippen molar-refractivity contribution in [1.82, 2.24) is 0 Å². The van der Waals surface area contributed by atoms with Crippen LogP contribution in [0.4, 0.5) is 0 Å². The second-order valence-electron chi connectivity index (χ2n) is 13.1. The van der Waals surface area contributed by atoms with Crippen LogP contribution in [0.15, 0.2) is 0 Å². The zero-order valence-corrected chi connectivity index (χ0v) is 28.6. The molecule has 1 unspecified atom stereocenters. The number of carboxylic acid groups (broad SMARTS) is 1. The third-order valence-electron chi connectivity index (χ3n) is 8.83. The predicted octanol–water partition coefficient (Wildman–Crippen LogP) is 12.9. The van der Waals surface area contributed by atoms with Gasteiger partial charge in [-0.1, -0.05) is 174 Å².